The molecule has 0 spiro atoms. The molecule has 18 heavy (non-hydrogen) atoms. The van der Waals surface area contributed by atoms with Gasteiger partial charge in [-0.3, -0.25) is 4.79 Å². The molecule has 0 radical (unpaired) electrons. The summed E-state index contributed by atoms with van der Waals surface area (Å²) in [6, 6.07) is 13.9. The zero-order chi connectivity index (χ0) is 13.0. The fourth-order valence-electron chi connectivity index (χ4n) is 1.73. The highest BCUT2D eigenvalue weighted by molar-refractivity contribution is 5.83. The van der Waals surface area contributed by atoms with Crippen LogP contribution in [0.2, 0.25) is 0 Å². The SMILES string of the molecule is CC(CCOc1ccc2ccccc2c1)C(=O)O. The number of aliphatic carboxylic acids is 1. The number of rotatable bonds is 5. The molecule has 0 saturated heterocycles. The number of carboxylic acid groups (broad SMARTS) is 1. The predicted octanol–water partition coefficient (Wildman–Crippen LogP) is 3.33. The molecular formula is C15H16O3. The van der Waals surface area contributed by atoms with Crippen LogP contribution in [0.1, 0.15) is 13.3 Å². The maximum absolute atomic E-state index is 10.7. The van der Waals surface area contributed by atoms with Crippen molar-refractivity contribution in [2.45, 2.75) is 13.3 Å². The van der Waals surface area contributed by atoms with Gasteiger partial charge in [0.25, 0.3) is 0 Å². The van der Waals surface area contributed by atoms with E-state index in [1.807, 2.05) is 42.5 Å². The molecule has 0 aliphatic heterocycles. The Bertz CT molecular complexity index is 548. The molecule has 0 aliphatic carbocycles. The molecule has 0 bridgehead atoms. The molecule has 0 fully saturated rings. The second-order valence-corrected chi connectivity index (χ2v) is 4.39. The van der Waals surface area contributed by atoms with E-state index in [9.17, 15) is 4.79 Å². The molecule has 0 saturated carbocycles. The average molecular weight is 244 g/mol. The minimum absolute atomic E-state index is 0.370. The summed E-state index contributed by atoms with van der Waals surface area (Å²) in [6.45, 7) is 2.11. The lowest BCUT2D eigenvalue weighted by Gasteiger charge is -2.09. The minimum Gasteiger partial charge on any atom is -0.494 e. The molecule has 94 valence electrons. The molecule has 0 heterocycles. The topological polar surface area (TPSA) is 46.5 Å². The maximum atomic E-state index is 10.7. The Balaban J connectivity index is 1.98. The highest BCUT2D eigenvalue weighted by Crippen LogP contribution is 2.20. The molecule has 0 aliphatic rings. The van der Waals surface area contributed by atoms with Crippen molar-refractivity contribution < 1.29 is 14.6 Å². The van der Waals surface area contributed by atoms with Crippen LogP contribution in [0.25, 0.3) is 10.8 Å². The summed E-state index contributed by atoms with van der Waals surface area (Å²) in [7, 11) is 0. The zero-order valence-corrected chi connectivity index (χ0v) is 10.3. The predicted molar refractivity (Wildman–Crippen MR) is 70.9 cm³/mol. The zero-order valence-electron chi connectivity index (χ0n) is 10.3. The van der Waals surface area contributed by atoms with E-state index in [-0.39, 0.29) is 5.92 Å². The fourth-order valence-corrected chi connectivity index (χ4v) is 1.73. The van der Waals surface area contributed by atoms with Crippen molar-refractivity contribution in [1.82, 2.24) is 0 Å². The van der Waals surface area contributed by atoms with Crippen LogP contribution >= 0.6 is 0 Å². The fraction of sp³-hybridized carbons (Fsp3) is 0.267. The van der Waals surface area contributed by atoms with Gasteiger partial charge in [0.15, 0.2) is 0 Å². The second kappa shape index (κ2) is 5.54. The Morgan fingerprint density at radius 2 is 1.94 bits per heavy atom. The molecular weight excluding hydrogens is 228 g/mol. The number of hydrogen-bond donors (Lipinski definition) is 1. The van der Waals surface area contributed by atoms with E-state index in [0.29, 0.717) is 13.0 Å². The van der Waals surface area contributed by atoms with Crippen molar-refractivity contribution in [3.05, 3.63) is 42.5 Å². The van der Waals surface area contributed by atoms with Crippen LogP contribution in [0, 0.1) is 5.92 Å². The first-order valence-electron chi connectivity index (χ1n) is 6.01. The van der Waals surface area contributed by atoms with Gasteiger partial charge in [0.1, 0.15) is 5.75 Å². The second-order valence-electron chi connectivity index (χ2n) is 4.39. The molecule has 2 rings (SSSR count). The molecule has 0 aromatic heterocycles. The summed E-state index contributed by atoms with van der Waals surface area (Å²) >= 11 is 0. The number of fused-ring (bicyclic) bond motifs is 1. The van der Waals surface area contributed by atoms with Gasteiger partial charge in [0.2, 0.25) is 0 Å². The van der Waals surface area contributed by atoms with E-state index in [4.69, 9.17) is 9.84 Å². The largest absolute Gasteiger partial charge is 0.494 e. The van der Waals surface area contributed by atoms with Gasteiger partial charge < -0.3 is 9.84 Å². The number of carbonyl (C=O) groups is 1. The molecule has 0 amide bonds. The van der Waals surface area contributed by atoms with Crippen LogP contribution in [0.4, 0.5) is 0 Å². The van der Waals surface area contributed by atoms with Crippen LogP contribution in [0.3, 0.4) is 0 Å². The van der Waals surface area contributed by atoms with Gasteiger partial charge in [-0.2, -0.15) is 0 Å². The van der Waals surface area contributed by atoms with Crippen LogP contribution in [0.5, 0.6) is 5.75 Å². The minimum atomic E-state index is -0.780. The standard InChI is InChI=1S/C15H16O3/c1-11(15(16)17)8-9-18-14-7-6-12-4-2-3-5-13(12)10-14/h2-7,10-11H,8-9H2,1H3,(H,16,17). The smallest absolute Gasteiger partial charge is 0.306 e. The summed E-state index contributed by atoms with van der Waals surface area (Å²) in [5.74, 6) is -0.367. The molecule has 2 aromatic rings. The van der Waals surface area contributed by atoms with Gasteiger partial charge in [0.05, 0.1) is 12.5 Å². The van der Waals surface area contributed by atoms with Crippen LogP contribution in [-0.4, -0.2) is 17.7 Å². The molecule has 3 heteroatoms. The first-order chi connectivity index (χ1) is 8.66. The van der Waals surface area contributed by atoms with Crippen molar-refractivity contribution in [2.24, 2.45) is 5.92 Å². The van der Waals surface area contributed by atoms with Crippen LogP contribution in [0.15, 0.2) is 42.5 Å². The van der Waals surface area contributed by atoms with Crippen molar-refractivity contribution >= 4 is 16.7 Å². The Labute approximate surface area is 106 Å². The molecule has 1 atom stereocenters. The van der Waals surface area contributed by atoms with Gasteiger partial charge >= 0.3 is 5.97 Å². The maximum Gasteiger partial charge on any atom is 0.306 e. The summed E-state index contributed by atoms with van der Waals surface area (Å²) in [4.78, 5) is 10.7. The van der Waals surface area contributed by atoms with Crippen molar-refractivity contribution in [1.29, 1.82) is 0 Å². The first-order valence-corrected chi connectivity index (χ1v) is 6.01. The van der Waals surface area contributed by atoms with Gasteiger partial charge in [-0.25, -0.2) is 0 Å². The highest BCUT2D eigenvalue weighted by Gasteiger charge is 2.10. The van der Waals surface area contributed by atoms with E-state index in [2.05, 4.69) is 0 Å². The molecule has 1 unspecified atom stereocenters. The Hall–Kier alpha value is -2.03. The van der Waals surface area contributed by atoms with Crippen LogP contribution < -0.4 is 4.74 Å². The molecule has 1 N–H and O–H groups in total. The lowest BCUT2D eigenvalue weighted by Crippen LogP contribution is -2.13. The molecule has 2 aromatic carbocycles. The van der Waals surface area contributed by atoms with Crippen molar-refractivity contribution in [3.8, 4) is 5.75 Å². The highest BCUT2D eigenvalue weighted by atomic mass is 16.5. The van der Waals surface area contributed by atoms with Gasteiger partial charge in [-0.15, -0.1) is 0 Å². The van der Waals surface area contributed by atoms with Gasteiger partial charge in [-0.1, -0.05) is 37.3 Å². The monoisotopic (exact) mass is 244 g/mol. The van der Waals surface area contributed by atoms with Gasteiger partial charge in [-0.05, 0) is 29.3 Å². The number of hydrogen-bond acceptors (Lipinski definition) is 2. The Morgan fingerprint density at radius 1 is 1.22 bits per heavy atom. The van der Waals surface area contributed by atoms with E-state index < -0.39 is 5.97 Å². The summed E-state index contributed by atoms with van der Waals surface area (Å²) in [6.07, 6.45) is 0.516. The lowest BCUT2D eigenvalue weighted by atomic mass is 10.1. The third-order valence-corrected chi connectivity index (χ3v) is 2.96. The normalized spacial score (nSPS) is 12.3. The first kappa shape index (κ1) is 12.4. The average Bonchev–Trinajstić information content (AvgIpc) is 2.38. The number of ether oxygens (including phenoxy) is 1. The van der Waals surface area contributed by atoms with Crippen molar-refractivity contribution in [2.75, 3.05) is 6.61 Å². The van der Waals surface area contributed by atoms with E-state index in [0.717, 1.165) is 11.1 Å². The number of benzene rings is 2. The Morgan fingerprint density at radius 3 is 2.67 bits per heavy atom. The third kappa shape index (κ3) is 3.00. The van der Waals surface area contributed by atoms with Crippen molar-refractivity contribution in [3.63, 3.8) is 0 Å². The summed E-state index contributed by atoms with van der Waals surface area (Å²) in [5, 5.41) is 11.1. The van der Waals surface area contributed by atoms with Crippen LogP contribution in [-0.2, 0) is 4.79 Å². The Kier molecular flexibility index (Phi) is 3.82. The molecule has 3 nitrogen and oxygen atoms in total. The lowest BCUT2D eigenvalue weighted by molar-refractivity contribution is -0.141. The van der Waals surface area contributed by atoms with E-state index in [1.165, 1.54) is 5.39 Å². The summed E-state index contributed by atoms with van der Waals surface area (Å²) < 4.78 is 5.57. The quantitative estimate of drug-likeness (QED) is 0.877. The van der Waals surface area contributed by atoms with Gasteiger partial charge in [0, 0.05) is 0 Å². The number of carboxylic acids is 1. The van der Waals surface area contributed by atoms with E-state index in [1.54, 1.807) is 6.92 Å². The third-order valence-electron chi connectivity index (χ3n) is 2.96. The van der Waals surface area contributed by atoms with E-state index >= 15 is 0 Å². The summed E-state index contributed by atoms with van der Waals surface area (Å²) in [5.41, 5.74) is 0.